The van der Waals surface area contributed by atoms with Crippen LogP contribution in [-0.4, -0.2) is 41.7 Å². The van der Waals surface area contributed by atoms with E-state index in [1.54, 1.807) is 12.3 Å². The Hall–Kier alpha value is -2.13. The molecular weight excluding hydrogens is 304 g/mol. The highest BCUT2D eigenvalue weighted by atomic mass is 16.5. The van der Waals surface area contributed by atoms with Gasteiger partial charge in [0.1, 0.15) is 11.4 Å². The number of carbonyl (C=O) groups is 1. The van der Waals surface area contributed by atoms with Crippen LogP contribution in [0.2, 0.25) is 0 Å². The summed E-state index contributed by atoms with van der Waals surface area (Å²) in [6.45, 7) is 5.68. The molecule has 1 aromatic heterocycles. The first-order valence-corrected chi connectivity index (χ1v) is 8.61. The first-order valence-electron chi connectivity index (χ1n) is 8.61. The smallest absolute Gasteiger partial charge is 0.254 e. The molecule has 128 valence electrons. The lowest BCUT2D eigenvalue weighted by molar-refractivity contribution is -0.00546. The molecule has 1 aromatic rings. The van der Waals surface area contributed by atoms with E-state index < -0.39 is 5.54 Å². The molecule has 2 atom stereocenters. The predicted octanol–water partition coefficient (Wildman–Crippen LogP) is 2.26. The molecule has 6 heteroatoms. The van der Waals surface area contributed by atoms with Gasteiger partial charge in [-0.15, -0.1) is 0 Å². The highest BCUT2D eigenvalue weighted by molar-refractivity contribution is 5.94. The van der Waals surface area contributed by atoms with Crippen LogP contribution in [0.4, 0.5) is 5.82 Å². The maximum atomic E-state index is 12.4. The minimum atomic E-state index is -0.704. The number of hydrogen-bond donors (Lipinski definition) is 1. The van der Waals surface area contributed by atoms with Gasteiger partial charge in [-0.3, -0.25) is 4.79 Å². The first-order chi connectivity index (χ1) is 11.5. The van der Waals surface area contributed by atoms with Crippen LogP contribution >= 0.6 is 0 Å². The first kappa shape index (κ1) is 16.7. The van der Waals surface area contributed by atoms with Gasteiger partial charge in [-0.25, -0.2) is 4.98 Å². The van der Waals surface area contributed by atoms with E-state index in [1.165, 1.54) is 0 Å². The Balaban J connectivity index is 1.68. The van der Waals surface area contributed by atoms with Crippen LogP contribution < -0.4 is 10.2 Å². The molecule has 2 fully saturated rings. The van der Waals surface area contributed by atoms with Crippen LogP contribution in [0.25, 0.3) is 0 Å². The molecule has 1 aliphatic carbocycles. The summed E-state index contributed by atoms with van der Waals surface area (Å²) in [6, 6.07) is 5.93. The predicted molar refractivity (Wildman–Crippen MR) is 90.7 cm³/mol. The number of amides is 1. The molecule has 2 heterocycles. The molecule has 3 rings (SSSR count). The van der Waals surface area contributed by atoms with Crippen LogP contribution in [0.3, 0.4) is 0 Å². The number of aromatic nitrogens is 1. The summed E-state index contributed by atoms with van der Waals surface area (Å²) in [7, 11) is 0. The minimum absolute atomic E-state index is 0.163. The summed E-state index contributed by atoms with van der Waals surface area (Å²) in [5.74, 6) is 0.630. The maximum Gasteiger partial charge on any atom is 0.254 e. The van der Waals surface area contributed by atoms with E-state index in [0.717, 1.165) is 44.6 Å². The second-order valence-corrected chi connectivity index (χ2v) is 6.92. The molecule has 1 saturated carbocycles. The standard InChI is InChI=1S/C18H24N4O2/c1-13-10-22(11-14(2)24-13)16-6-5-15(9-20-16)17(23)21-18(12-19)7-3-4-8-18/h5-6,9,13-14H,3-4,7-8,10-11H2,1-2H3,(H,21,23). The number of carbonyl (C=O) groups excluding carboxylic acids is 1. The SMILES string of the molecule is CC1CN(c2ccc(C(=O)NC3(C#N)CCCC3)cn2)CC(C)O1. The van der Waals surface area contributed by atoms with Crippen molar-refractivity contribution >= 4 is 11.7 Å². The fourth-order valence-corrected chi connectivity index (χ4v) is 3.61. The largest absolute Gasteiger partial charge is 0.372 e. The zero-order valence-corrected chi connectivity index (χ0v) is 14.3. The van der Waals surface area contributed by atoms with Gasteiger partial charge in [0.2, 0.25) is 0 Å². The zero-order valence-electron chi connectivity index (χ0n) is 14.3. The van der Waals surface area contributed by atoms with Crippen molar-refractivity contribution in [2.75, 3.05) is 18.0 Å². The molecule has 1 saturated heterocycles. The Labute approximate surface area is 142 Å². The lowest BCUT2D eigenvalue weighted by Gasteiger charge is -2.36. The van der Waals surface area contributed by atoms with Crippen LogP contribution in [-0.2, 0) is 4.74 Å². The fraction of sp³-hybridized carbons (Fsp3) is 0.611. The van der Waals surface area contributed by atoms with E-state index >= 15 is 0 Å². The Morgan fingerprint density at radius 3 is 2.54 bits per heavy atom. The van der Waals surface area contributed by atoms with E-state index in [4.69, 9.17) is 4.74 Å². The van der Waals surface area contributed by atoms with Crippen molar-refractivity contribution in [2.24, 2.45) is 0 Å². The normalized spacial score (nSPS) is 26.0. The third kappa shape index (κ3) is 3.51. The van der Waals surface area contributed by atoms with Crippen molar-refractivity contribution in [1.82, 2.24) is 10.3 Å². The molecule has 1 amide bonds. The number of nitriles is 1. The van der Waals surface area contributed by atoms with Gasteiger partial charge in [0.15, 0.2) is 0 Å². The lowest BCUT2D eigenvalue weighted by atomic mass is 9.99. The van der Waals surface area contributed by atoms with Crippen molar-refractivity contribution < 1.29 is 9.53 Å². The van der Waals surface area contributed by atoms with Crippen molar-refractivity contribution in [3.63, 3.8) is 0 Å². The third-order valence-electron chi connectivity index (χ3n) is 4.78. The Morgan fingerprint density at radius 2 is 2.00 bits per heavy atom. The highest BCUT2D eigenvalue weighted by Gasteiger charge is 2.35. The van der Waals surface area contributed by atoms with Gasteiger partial charge in [-0.1, -0.05) is 0 Å². The number of morpholine rings is 1. The van der Waals surface area contributed by atoms with Gasteiger partial charge >= 0.3 is 0 Å². The monoisotopic (exact) mass is 328 g/mol. The Kier molecular flexibility index (Phi) is 4.72. The summed E-state index contributed by atoms with van der Waals surface area (Å²) < 4.78 is 5.73. The van der Waals surface area contributed by atoms with Crippen LogP contribution in [0, 0.1) is 11.3 Å². The van der Waals surface area contributed by atoms with E-state index in [0.29, 0.717) is 5.56 Å². The highest BCUT2D eigenvalue weighted by Crippen LogP contribution is 2.29. The Morgan fingerprint density at radius 1 is 1.33 bits per heavy atom. The number of pyridine rings is 1. The summed E-state index contributed by atoms with van der Waals surface area (Å²) >= 11 is 0. The van der Waals surface area contributed by atoms with Gasteiger partial charge in [0, 0.05) is 19.3 Å². The molecule has 2 unspecified atom stereocenters. The quantitative estimate of drug-likeness (QED) is 0.921. The summed E-state index contributed by atoms with van der Waals surface area (Å²) in [4.78, 5) is 19.0. The van der Waals surface area contributed by atoms with Crippen LogP contribution in [0.15, 0.2) is 18.3 Å². The summed E-state index contributed by atoms with van der Waals surface area (Å²) in [5, 5.41) is 12.3. The number of rotatable bonds is 3. The van der Waals surface area contributed by atoms with Crippen molar-refractivity contribution in [1.29, 1.82) is 5.26 Å². The fourth-order valence-electron chi connectivity index (χ4n) is 3.61. The molecular formula is C18H24N4O2. The molecule has 6 nitrogen and oxygen atoms in total. The van der Waals surface area contributed by atoms with Crippen LogP contribution in [0.1, 0.15) is 49.9 Å². The lowest BCUT2D eigenvalue weighted by Crippen LogP contribution is -2.46. The molecule has 0 radical (unpaired) electrons. The van der Waals surface area contributed by atoms with Crippen molar-refractivity contribution in [3.05, 3.63) is 23.9 Å². The number of anilines is 1. The van der Waals surface area contributed by atoms with Gasteiger partial charge in [0.25, 0.3) is 5.91 Å². The summed E-state index contributed by atoms with van der Waals surface area (Å²) in [5.41, 5.74) is -0.209. The van der Waals surface area contributed by atoms with Gasteiger partial charge in [-0.2, -0.15) is 5.26 Å². The zero-order chi connectivity index (χ0) is 17.2. The molecule has 1 aliphatic heterocycles. The van der Waals surface area contributed by atoms with E-state index in [2.05, 4.69) is 21.3 Å². The van der Waals surface area contributed by atoms with E-state index in [-0.39, 0.29) is 18.1 Å². The maximum absolute atomic E-state index is 12.4. The molecule has 24 heavy (non-hydrogen) atoms. The van der Waals surface area contributed by atoms with Gasteiger partial charge in [-0.05, 0) is 51.7 Å². The molecule has 1 N–H and O–H groups in total. The molecule has 2 aliphatic rings. The summed E-state index contributed by atoms with van der Waals surface area (Å²) in [6.07, 6.45) is 5.34. The second kappa shape index (κ2) is 6.78. The Bertz CT molecular complexity index is 621. The third-order valence-corrected chi connectivity index (χ3v) is 4.78. The number of nitrogens with one attached hydrogen (secondary N) is 1. The average Bonchev–Trinajstić information content (AvgIpc) is 3.03. The average molecular weight is 328 g/mol. The molecule has 0 aromatic carbocycles. The van der Waals surface area contributed by atoms with Crippen molar-refractivity contribution in [3.8, 4) is 6.07 Å². The minimum Gasteiger partial charge on any atom is -0.372 e. The second-order valence-electron chi connectivity index (χ2n) is 6.92. The van der Waals surface area contributed by atoms with E-state index in [9.17, 15) is 10.1 Å². The number of ether oxygens (including phenoxy) is 1. The topological polar surface area (TPSA) is 78.3 Å². The number of nitrogens with zero attached hydrogens (tertiary/aromatic N) is 3. The molecule has 0 spiro atoms. The molecule has 0 bridgehead atoms. The van der Waals surface area contributed by atoms with E-state index in [1.807, 2.05) is 19.9 Å². The number of hydrogen-bond acceptors (Lipinski definition) is 5. The van der Waals surface area contributed by atoms with Crippen LogP contribution in [0.5, 0.6) is 0 Å². The van der Waals surface area contributed by atoms with Crippen molar-refractivity contribution in [2.45, 2.75) is 57.3 Å². The van der Waals surface area contributed by atoms with Gasteiger partial charge in [0.05, 0.1) is 23.8 Å². The van der Waals surface area contributed by atoms with Gasteiger partial charge < -0.3 is 15.0 Å².